The van der Waals surface area contributed by atoms with Crippen LogP contribution in [0.2, 0.25) is 0 Å². The zero-order valence-corrected chi connectivity index (χ0v) is 7.89. The second-order valence-corrected chi connectivity index (χ2v) is 3.58. The van der Waals surface area contributed by atoms with Gasteiger partial charge in [-0.3, -0.25) is 4.79 Å². The molecule has 1 N–H and O–H groups in total. The molecule has 3 nitrogen and oxygen atoms in total. The largest absolute Gasteiger partial charge is 0.416 e. The Hall–Kier alpha value is -0.780. The maximum atomic E-state index is 12.2. The molecule has 1 amide bonds. The molecule has 1 rings (SSSR count). The summed E-state index contributed by atoms with van der Waals surface area (Å²) >= 11 is 0. The molecule has 1 saturated heterocycles. The van der Waals surface area contributed by atoms with E-state index in [0.717, 1.165) is 0 Å². The van der Waals surface area contributed by atoms with Crippen molar-refractivity contribution in [3.8, 4) is 0 Å². The normalized spacial score (nSPS) is 29.1. The number of nitrogens with one attached hydrogen (secondary N) is 1. The van der Waals surface area contributed by atoms with Gasteiger partial charge in [0.2, 0.25) is 5.91 Å². The summed E-state index contributed by atoms with van der Waals surface area (Å²) in [5, 5.41) is 2.19. The third kappa shape index (κ3) is 2.37. The van der Waals surface area contributed by atoms with E-state index in [1.807, 2.05) is 0 Å². The third-order valence-electron chi connectivity index (χ3n) is 2.00. The van der Waals surface area contributed by atoms with Crippen LogP contribution in [0.15, 0.2) is 0 Å². The van der Waals surface area contributed by atoms with E-state index in [4.69, 9.17) is 0 Å². The summed E-state index contributed by atoms with van der Waals surface area (Å²) in [5.41, 5.74) is 0. The molecule has 14 heavy (non-hydrogen) atoms. The number of amides is 1. The van der Waals surface area contributed by atoms with Crippen molar-refractivity contribution in [1.29, 1.82) is 0 Å². The fourth-order valence-corrected chi connectivity index (χ4v) is 1.23. The van der Waals surface area contributed by atoms with E-state index in [1.54, 1.807) is 13.8 Å². The molecule has 1 aliphatic rings. The number of carbonyl (C=O) groups excluding carboxylic acids is 1. The van der Waals surface area contributed by atoms with Crippen LogP contribution in [-0.4, -0.2) is 30.8 Å². The van der Waals surface area contributed by atoms with Crippen molar-refractivity contribution in [2.45, 2.75) is 32.2 Å². The van der Waals surface area contributed by atoms with Gasteiger partial charge in [-0.2, -0.15) is 13.2 Å². The predicted molar refractivity (Wildman–Crippen MR) is 42.6 cm³/mol. The minimum Gasteiger partial charge on any atom is -0.354 e. The van der Waals surface area contributed by atoms with Crippen molar-refractivity contribution in [2.24, 2.45) is 5.92 Å². The Morgan fingerprint density at radius 3 is 2.50 bits per heavy atom. The zero-order chi connectivity index (χ0) is 10.9. The molecule has 0 bridgehead atoms. The summed E-state index contributed by atoms with van der Waals surface area (Å²) in [4.78, 5) is 11.1. The van der Waals surface area contributed by atoms with Crippen LogP contribution in [0, 0.1) is 5.92 Å². The predicted octanol–water partition coefficient (Wildman–Crippen LogP) is 1.09. The van der Waals surface area contributed by atoms with Crippen LogP contribution in [0.1, 0.15) is 13.8 Å². The number of rotatable bonds is 1. The Bertz CT molecular complexity index is 227. The molecule has 0 radical (unpaired) electrons. The van der Waals surface area contributed by atoms with Gasteiger partial charge >= 0.3 is 6.18 Å². The number of morpholine rings is 1. The molecule has 0 aromatic rings. The Labute approximate surface area is 79.6 Å². The van der Waals surface area contributed by atoms with Gasteiger partial charge in [0.15, 0.2) is 6.10 Å². The highest BCUT2D eigenvalue weighted by Gasteiger charge is 2.46. The first-order valence-corrected chi connectivity index (χ1v) is 4.32. The molecule has 0 saturated carbocycles. The van der Waals surface area contributed by atoms with Crippen LogP contribution in [0.25, 0.3) is 0 Å². The molecular weight excluding hydrogens is 199 g/mol. The molecule has 0 spiro atoms. The first-order chi connectivity index (χ1) is 6.32. The first kappa shape index (κ1) is 11.3. The van der Waals surface area contributed by atoms with Crippen LogP contribution >= 0.6 is 0 Å². The van der Waals surface area contributed by atoms with E-state index >= 15 is 0 Å². The Balaban J connectivity index is 2.67. The van der Waals surface area contributed by atoms with E-state index in [0.29, 0.717) is 0 Å². The summed E-state index contributed by atoms with van der Waals surface area (Å²) in [5.74, 6) is -0.736. The molecule has 0 aliphatic carbocycles. The summed E-state index contributed by atoms with van der Waals surface area (Å²) in [6, 6.07) is 0. The Morgan fingerprint density at radius 1 is 1.50 bits per heavy atom. The molecule has 0 aromatic heterocycles. The maximum Gasteiger partial charge on any atom is 0.416 e. The molecular formula is C8H12F3NO2. The lowest BCUT2D eigenvalue weighted by Gasteiger charge is -2.32. The van der Waals surface area contributed by atoms with Crippen LogP contribution in [0.5, 0.6) is 0 Å². The summed E-state index contributed by atoms with van der Waals surface area (Å²) in [6.07, 6.45) is -7.30. The highest BCUT2D eigenvalue weighted by molar-refractivity contribution is 5.81. The van der Waals surface area contributed by atoms with Gasteiger partial charge in [-0.05, 0) is 5.92 Å². The SMILES string of the molecule is CC(C)[C@H]1O[C@@H](C(F)(F)F)CNC1=O. The summed E-state index contributed by atoms with van der Waals surface area (Å²) in [7, 11) is 0. The zero-order valence-electron chi connectivity index (χ0n) is 7.89. The molecule has 6 heteroatoms. The smallest absolute Gasteiger partial charge is 0.354 e. The van der Waals surface area contributed by atoms with Gasteiger partial charge in [-0.15, -0.1) is 0 Å². The van der Waals surface area contributed by atoms with Crippen LogP contribution in [0.4, 0.5) is 13.2 Å². The van der Waals surface area contributed by atoms with Gasteiger partial charge in [-0.25, -0.2) is 0 Å². The molecule has 2 atom stereocenters. The number of carbonyl (C=O) groups is 1. The molecule has 0 unspecified atom stereocenters. The van der Waals surface area contributed by atoms with Gasteiger partial charge in [0.25, 0.3) is 0 Å². The second-order valence-electron chi connectivity index (χ2n) is 3.58. The maximum absolute atomic E-state index is 12.2. The lowest BCUT2D eigenvalue weighted by molar-refractivity contribution is -0.241. The number of hydrogen-bond donors (Lipinski definition) is 1. The van der Waals surface area contributed by atoms with Gasteiger partial charge in [0.1, 0.15) is 6.10 Å². The Kier molecular flexibility index (Phi) is 3.04. The molecule has 1 aliphatic heterocycles. The van der Waals surface area contributed by atoms with E-state index < -0.39 is 30.8 Å². The van der Waals surface area contributed by atoms with Gasteiger partial charge in [-0.1, -0.05) is 13.8 Å². The summed E-state index contributed by atoms with van der Waals surface area (Å²) < 4.78 is 41.4. The van der Waals surface area contributed by atoms with Crippen molar-refractivity contribution >= 4 is 5.91 Å². The fraction of sp³-hybridized carbons (Fsp3) is 0.875. The van der Waals surface area contributed by atoms with E-state index in [1.165, 1.54) is 0 Å². The van der Waals surface area contributed by atoms with Gasteiger partial charge in [0, 0.05) is 0 Å². The number of alkyl halides is 3. The van der Waals surface area contributed by atoms with Crippen molar-refractivity contribution in [3.05, 3.63) is 0 Å². The number of halogens is 3. The van der Waals surface area contributed by atoms with Crippen molar-refractivity contribution in [1.82, 2.24) is 5.32 Å². The van der Waals surface area contributed by atoms with Crippen LogP contribution in [-0.2, 0) is 9.53 Å². The lowest BCUT2D eigenvalue weighted by atomic mass is 10.0. The molecule has 1 fully saturated rings. The molecule has 82 valence electrons. The van der Waals surface area contributed by atoms with E-state index in [-0.39, 0.29) is 5.92 Å². The second kappa shape index (κ2) is 3.76. The van der Waals surface area contributed by atoms with Crippen molar-refractivity contribution < 1.29 is 22.7 Å². The van der Waals surface area contributed by atoms with Crippen molar-refractivity contribution in [3.63, 3.8) is 0 Å². The average Bonchev–Trinajstić information content (AvgIpc) is 2.02. The first-order valence-electron chi connectivity index (χ1n) is 4.32. The van der Waals surface area contributed by atoms with E-state index in [9.17, 15) is 18.0 Å². The topological polar surface area (TPSA) is 38.3 Å². The van der Waals surface area contributed by atoms with Crippen LogP contribution < -0.4 is 5.32 Å². The molecule has 1 heterocycles. The van der Waals surface area contributed by atoms with Gasteiger partial charge in [0.05, 0.1) is 6.54 Å². The third-order valence-corrected chi connectivity index (χ3v) is 2.00. The lowest BCUT2D eigenvalue weighted by Crippen LogP contribution is -2.55. The highest BCUT2D eigenvalue weighted by Crippen LogP contribution is 2.27. The van der Waals surface area contributed by atoms with Crippen molar-refractivity contribution in [2.75, 3.05) is 6.54 Å². The quantitative estimate of drug-likeness (QED) is 0.705. The van der Waals surface area contributed by atoms with Crippen LogP contribution in [0.3, 0.4) is 0 Å². The average molecular weight is 211 g/mol. The summed E-state index contributed by atoms with van der Waals surface area (Å²) in [6.45, 7) is 2.79. The minimum absolute atomic E-state index is 0.264. The fourth-order valence-electron chi connectivity index (χ4n) is 1.23. The van der Waals surface area contributed by atoms with E-state index in [2.05, 4.69) is 10.1 Å². The minimum atomic E-state index is -4.42. The standard InChI is InChI=1S/C8H12F3NO2/c1-4(2)6-7(13)12-3-5(14-6)8(9,10)11/h4-6H,3H2,1-2H3,(H,12,13)/t5-,6-/m1/s1. The number of ether oxygens (including phenoxy) is 1. The molecule has 0 aromatic carbocycles. The van der Waals surface area contributed by atoms with Gasteiger partial charge < -0.3 is 10.1 Å². The highest BCUT2D eigenvalue weighted by atomic mass is 19.4. The Morgan fingerprint density at radius 2 is 2.07 bits per heavy atom. The number of hydrogen-bond acceptors (Lipinski definition) is 2. The monoisotopic (exact) mass is 211 g/mol.